The molecule has 1 N–H and O–H groups in total. The molecule has 0 aromatic carbocycles. The molecule has 1 amide bonds. The van der Waals surface area contributed by atoms with Gasteiger partial charge in [0.05, 0.1) is 12.2 Å². The molecule has 1 aliphatic rings. The highest BCUT2D eigenvalue weighted by Crippen LogP contribution is 2.25. The zero-order chi connectivity index (χ0) is 13.8. The first-order valence-corrected chi connectivity index (χ1v) is 6.37. The zero-order valence-corrected chi connectivity index (χ0v) is 10.5. The molecule has 2 rings (SSSR count). The summed E-state index contributed by atoms with van der Waals surface area (Å²) in [5, 5.41) is 9.04. The Morgan fingerprint density at radius 3 is 2.74 bits per heavy atom. The van der Waals surface area contributed by atoms with Crippen molar-refractivity contribution >= 4 is 5.91 Å². The number of rotatable bonds is 4. The van der Waals surface area contributed by atoms with Gasteiger partial charge in [-0.3, -0.25) is 4.79 Å². The predicted octanol–water partition coefficient (Wildman–Crippen LogP) is 1.74. The minimum Gasteiger partial charge on any atom is -0.395 e. The Labute approximate surface area is 110 Å². The standard InChI is InChI=1S/C13H16F2N2O2/c14-11-10(5-6-16-12(11)15)13(19)17(7-8-18)9-3-1-2-4-9/h5-6,9,18H,1-4,7-8H2. The summed E-state index contributed by atoms with van der Waals surface area (Å²) in [6, 6.07) is 1.16. The predicted molar refractivity (Wildman–Crippen MR) is 64.5 cm³/mol. The molecular formula is C13H16F2N2O2. The van der Waals surface area contributed by atoms with Gasteiger partial charge >= 0.3 is 0 Å². The van der Waals surface area contributed by atoms with Crippen molar-refractivity contribution in [2.24, 2.45) is 0 Å². The van der Waals surface area contributed by atoms with Crippen LogP contribution in [0.4, 0.5) is 8.78 Å². The smallest absolute Gasteiger partial charge is 0.257 e. The molecule has 104 valence electrons. The summed E-state index contributed by atoms with van der Waals surface area (Å²) in [4.78, 5) is 16.9. The van der Waals surface area contributed by atoms with E-state index in [0.717, 1.165) is 31.9 Å². The van der Waals surface area contributed by atoms with Crippen molar-refractivity contribution in [3.05, 3.63) is 29.6 Å². The first kappa shape index (κ1) is 13.9. The van der Waals surface area contributed by atoms with Gasteiger partial charge < -0.3 is 10.0 Å². The van der Waals surface area contributed by atoms with Gasteiger partial charge in [0, 0.05) is 18.8 Å². The molecule has 0 radical (unpaired) electrons. The van der Waals surface area contributed by atoms with Gasteiger partial charge in [-0.05, 0) is 18.9 Å². The van der Waals surface area contributed by atoms with E-state index in [0.29, 0.717) is 0 Å². The van der Waals surface area contributed by atoms with Crippen molar-refractivity contribution in [1.29, 1.82) is 0 Å². The summed E-state index contributed by atoms with van der Waals surface area (Å²) in [5.41, 5.74) is -0.326. The number of carbonyl (C=O) groups is 1. The molecule has 4 nitrogen and oxygen atoms in total. The molecule has 0 spiro atoms. The molecule has 0 aliphatic heterocycles. The third-order valence-electron chi connectivity index (χ3n) is 3.44. The lowest BCUT2D eigenvalue weighted by Crippen LogP contribution is -2.41. The van der Waals surface area contributed by atoms with E-state index in [2.05, 4.69) is 4.98 Å². The minimum absolute atomic E-state index is 0.00437. The number of nitrogens with zero attached hydrogens (tertiary/aromatic N) is 2. The maximum Gasteiger partial charge on any atom is 0.257 e. The van der Waals surface area contributed by atoms with Crippen LogP contribution < -0.4 is 0 Å². The van der Waals surface area contributed by atoms with E-state index in [9.17, 15) is 13.6 Å². The highest BCUT2D eigenvalue weighted by molar-refractivity contribution is 5.94. The second kappa shape index (κ2) is 6.06. The van der Waals surface area contributed by atoms with Crippen LogP contribution in [0.2, 0.25) is 0 Å². The van der Waals surface area contributed by atoms with E-state index in [4.69, 9.17) is 5.11 Å². The molecule has 1 aliphatic carbocycles. The average molecular weight is 270 g/mol. The van der Waals surface area contributed by atoms with Crippen LogP contribution >= 0.6 is 0 Å². The van der Waals surface area contributed by atoms with Crippen LogP contribution in [-0.4, -0.2) is 40.1 Å². The highest BCUT2D eigenvalue weighted by atomic mass is 19.2. The number of halogens is 2. The lowest BCUT2D eigenvalue weighted by Gasteiger charge is -2.28. The fourth-order valence-corrected chi connectivity index (χ4v) is 2.51. The largest absolute Gasteiger partial charge is 0.395 e. The van der Waals surface area contributed by atoms with E-state index in [-0.39, 0.29) is 24.8 Å². The number of aliphatic hydroxyl groups excluding tert-OH is 1. The summed E-state index contributed by atoms with van der Waals surface area (Å²) < 4.78 is 26.7. The van der Waals surface area contributed by atoms with Crippen molar-refractivity contribution in [2.75, 3.05) is 13.2 Å². The molecule has 0 unspecified atom stereocenters. The van der Waals surface area contributed by atoms with Crippen LogP contribution in [0.5, 0.6) is 0 Å². The maximum atomic E-state index is 13.6. The van der Waals surface area contributed by atoms with Gasteiger partial charge in [-0.25, -0.2) is 9.37 Å². The van der Waals surface area contributed by atoms with E-state index in [1.807, 2.05) is 0 Å². The van der Waals surface area contributed by atoms with E-state index in [1.54, 1.807) is 0 Å². The number of hydrogen-bond donors (Lipinski definition) is 1. The van der Waals surface area contributed by atoms with Gasteiger partial charge in [-0.2, -0.15) is 4.39 Å². The van der Waals surface area contributed by atoms with Crippen molar-refractivity contribution in [2.45, 2.75) is 31.7 Å². The van der Waals surface area contributed by atoms with Gasteiger partial charge in [0.2, 0.25) is 5.95 Å². The summed E-state index contributed by atoms with van der Waals surface area (Å²) in [7, 11) is 0. The summed E-state index contributed by atoms with van der Waals surface area (Å²) in [6.07, 6.45) is 4.75. The van der Waals surface area contributed by atoms with Crippen molar-refractivity contribution < 1.29 is 18.7 Å². The van der Waals surface area contributed by atoms with Crippen LogP contribution in [0.1, 0.15) is 36.0 Å². The van der Waals surface area contributed by atoms with Crippen LogP contribution in [0, 0.1) is 11.8 Å². The normalized spacial score (nSPS) is 15.7. The van der Waals surface area contributed by atoms with Crippen molar-refractivity contribution in [3.63, 3.8) is 0 Å². The fourth-order valence-electron chi connectivity index (χ4n) is 2.51. The lowest BCUT2D eigenvalue weighted by atomic mass is 10.1. The number of pyridine rings is 1. The third-order valence-corrected chi connectivity index (χ3v) is 3.44. The van der Waals surface area contributed by atoms with E-state index >= 15 is 0 Å². The molecule has 0 atom stereocenters. The third kappa shape index (κ3) is 2.89. The SMILES string of the molecule is O=C(c1ccnc(F)c1F)N(CCO)C1CCCC1. The second-order valence-electron chi connectivity index (χ2n) is 4.62. The Kier molecular flexibility index (Phi) is 4.42. The first-order chi connectivity index (χ1) is 9.15. The highest BCUT2D eigenvalue weighted by Gasteiger charge is 2.29. The van der Waals surface area contributed by atoms with Gasteiger partial charge in [0.1, 0.15) is 0 Å². The maximum absolute atomic E-state index is 13.6. The van der Waals surface area contributed by atoms with Gasteiger partial charge in [0.15, 0.2) is 5.82 Å². The first-order valence-electron chi connectivity index (χ1n) is 6.37. The molecule has 6 heteroatoms. The van der Waals surface area contributed by atoms with Gasteiger partial charge in [0.25, 0.3) is 5.91 Å². The number of aromatic nitrogens is 1. The number of carbonyl (C=O) groups excluding carboxylic acids is 1. The Morgan fingerprint density at radius 1 is 1.42 bits per heavy atom. The van der Waals surface area contributed by atoms with Crippen molar-refractivity contribution in [1.82, 2.24) is 9.88 Å². The lowest BCUT2D eigenvalue weighted by molar-refractivity contribution is 0.0631. The van der Waals surface area contributed by atoms with E-state index in [1.165, 1.54) is 11.0 Å². The Balaban J connectivity index is 2.25. The zero-order valence-electron chi connectivity index (χ0n) is 10.5. The quantitative estimate of drug-likeness (QED) is 0.848. The monoisotopic (exact) mass is 270 g/mol. The van der Waals surface area contributed by atoms with Crippen LogP contribution in [-0.2, 0) is 0 Å². The Morgan fingerprint density at radius 2 is 2.11 bits per heavy atom. The molecule has 1 aromatic heterocycles. The van der Waals surface area contributed by atoms with Gasteiger partial charge in [-0.15, -0.1) is 0 Å². The Bertz CT molecular complexity index is 462. The number of hydrogen-bond acceptors (Lipinski definition) is 3. The molecule has 1 aromatic rings. The Hall–Kier alpha value is -1.56. The molecular weight excluding hydrogens is 254 g/mol. The number of amides is 1. The van der Waals surface area contributed by atoms with Crippen LogP contribution in [0.25, 0.3) is 0 Å². The molecule has 1 fully saturated rings. The minimum atomic E-state index is -1.28. The molecule has 1 heterocycles. The second-order valence-corrected chi connectivity index (χ2v) is 4.62. The van der Waals surface area contributed by atoms with Gasteiger partial charge in [-0.1, -0.05) is 12.8 Å². The fraction of sp³-hybridized carbons (Fsp3) is 0.538. The molecule has 19 heavy (non-hydrogen) atoms. The topological polar surface area (TPSA) is 53.4 Å². The number of aliphatic hydroxyl groups is 1. The molecule has 0 saturated heterocycles. The van der Waals surface area contributed by atoms with Crippen LogP contribution in [0.3, 0.4) is 0 Å². The summed E-state index contributed by atoms with van der Waals surface area (Å²) in [6.45, 7) is -0.0652. The van der Waals surface area contributed by atoms with Crippen LogP contribution in [0.15, 0.2) is 12.3 Å². The molecule has 0 bridgehead atoms. The average Bonchev–Trinajstić information content (AvgIpc) is 2.92. The molecule has 1 saturated carbocycles. The van der Waals surface area contributed by atoms with Crippen molar-refractivity contribution in [3.8, 4) is 0 Å². The van der Waals surface area contributed by atoms with E-state index < -0.39 is 17.7 Å². The summed E-state index contributed by atoms with van der Waals surface area (Å²) in [5.74, 6) is -3.09. The summed E-state index contributed by atoms with van der Waals surface area (Å²) >= 11 is 0.